The van der Waals surface area contributed by atoms with Gasteiger partial charge in [0.1, 0.15) is 0 Å². The Morgan fingerprint density at radius 1 is 1.35 bits per heavy atom. The van der Waals surface area contributed by atoms with E-state index in [0.717, 1.165) is 4.68 Å². The molecule has 2 rings (SSSR count). The van der Waals surface area contributed by atoms with Crippen LogP contribution in [0.25, 0.3) is 11.5 Å². The standard InChI is InChI=1S/C4H5N9O2.H3NO/c5-4-10-8-2(12(4)6)1-3(13(14)15)9-11-7-1;1-2/h6H2,(H2,5,10)(H,7,9,11);2H,1H2. The third-order valence-electron chi connectivity index (χ3n) is 1.64. The molecule has 2 aromatic heterocycles. The van der Waals surface area contributed by atoms with Crippen molar-refractivity contribution < 1.29 is 10.1 Å². The van der Waals surface area contributed by atoms with Crippen LogP contribution in [0.3, 0.4) is 0 Å². The highest BCUT2D eigenvalue weighted by Crippen LogP contribution is 2.22. The normalized spacial score (nSPS) is 9.53. The Labute approximate surface area is 92.3 Å². The maximum Gasteiger partial charge on any atom is 0.421 e. The Morgan fingerprint density at radius 2 is 2.00 bits per heavy atom. The molecule has 0 unspecified atom stereocenters. The van der Waals surface area contributed by atoms with Crippen molar-refractivity contribution in [2.45, 2.75) is 0 Å². The van der Waals surface area contributed by atoms with Crippen LogP contribution < -0.4 is 17.5 Å². The summed E-state index contributed by atoms with van der Waals surface area (Å²) in [6.45, 7) is 0. The van der Waals surface area contributed by atoms with E-state index in [1.165, 1.54) is 0 Å². The van der Waals surface area contributed by atoms with Gasteiger partial charge in [-0.05, 0) is 4.92 Å². The van der Waals surface area contributed by atoms with E-state index in [1.807, 2.05) is 0 Å². The fourth-order valence-corrected chi connectivity index (χ4v) is 0.968. The van der Waals surface area contributed by atoms with Gasteiger partial charge in [-0.3, -0.25) is 0 Å². The Hall–Kier alpha value is -2.80. The molecule has 0 aliphatic carbocycles. The summed E-state index contributed by atoms with van der Waals surface area (Å²) in [5.41, 5.74) is 5.19. The van der Waals surface area contributed by atoms with Gasteiger partial charge in [0.05, 0.1) is 5.10 Å². The predicted octanol–water partition coefficient (Wildman–Crippen LogP) is -2.40. The molecule has 0 saturated carbocycles. The van der Waals surface area contributed by atoms with Crippen LogP contribution in [0.4, 0.5) is 11.8 Å². The summed E-state index contributed by atoms with van der Waals surface area (Å²) in [6.07, 6.45) is 0. The molecule has 0 saturated heterocycles. The van der Waals surface area contributed by atoms with Gasteiger partial charge in [-0.2, -0.15) is 0 Å². The number of nitrogens with one attached hydrogen (secondary N) is 1. The summed E-state index contributed by atoms with van der Waals surface area (Å²) in [7, 11) is 0. The molecule has 13 heteroatoms. The minimum atomic E-state index is -0.719. The van der Waals surface area contributed by atoms with Gasteiger partial charge < -0.3 is 26.9 Å². The van der Waals surface area contributed by atoms with Gasteiger partial charge >= 0.3 is 5.82 Å². The Morgan fingerprint density at radius 3 is 2.47 bits per heavy atom. The van der Waals surface area contributed by atoms with Gasteiger partial charge in [0.25, 0.3) is 0 Å². The molecule has 0 aliphatic heterocycles. The second-order valence-corrected chi connectivity index (χ2v) is 2.50. The van der Waals surface area contributed by atoms with Crippen molar-refractivity contribution >= 4 is 11.8 Å². The van der Waals surface area contributed by atoms with Crippen LogP contribution in [-0.4, -0.2) is 40.4 Å². The van der Waals surface area contributed by atoms with E-state index in [0.29, 0.717) is 0 Å². The van der Waals surface area contributed by atoms with Crippen LogP contribution in [0.2, 0.25) is 0 Å². The Kier molecular flexibility index (Phi) is 3.48. The summed E-state index contributed by atoms with van der Waals surface area (Å²) < 4.78 is 0.880. The Balaban J connectivity index is 0.000000686. The molecule has 0 spiro atoms. The van der Waals surface area contributed by atoms with Gasteiger partial charge in [0.2, 0.25) is 17.5 Å². The van der Waals surface area contributed by atoms with Crippen LogP contribution >= 0.6 is 0 Å². The molecule has 92 valence electrons. The molecule has 0 bridgehead atoms. The lowest BCUT2D eigenvalue weighted by molar-refractivity contribution is -0.388. The number of hydrogen-bond acceptors (Lipinski definition) is 10. The maximum atomic E-state index is 10.5. The molecule has 17 heavy (non-hydrogen) atoms. The minimum absolute atomic E-state index is 0.0343. The van der Waals surface area contributed by atoms with Gasteiger partial charge in [-0.25, -0.2) is 10.6 Å². The molecule has 0 amide bonds. The van der Waals surface area contributed by atoms with Crippen molar-refractivity contribution in [1.29, 1.82) is 0 Å². The molecular weight excluding hydrogens is 236 g/mol. The lowest BCUT2D eigenvalue weighted by Gasteiger charge is -1.96. The number of H-pyrrole nitrogens is 1. The fraction of sp³-hybridized carbons (Fsp3) is 0. The van der Waals surface area contributed by atoms with E-state index >= 15 is 0 Å². The molecule has 0 fully saturated rings. The SMILES string of the molecule is NO.Nc1nnc(-c2n[nH]nc2[N+](=O)[O-])n1N. The number of nitro groups is 1. The van der Waals surface area contributed by atoms with Gasteiger partial charge in [-0.15, -0.1) is 20.5 Å². The van der Waals surface area contributed by atoms with Crippen molar-refractivity contribution in [3.05, 3.63) is 10.1 Å². The molecule has 8 N–H and O–H groups in total. The third kappa shape index (κ3) is 2.08. The lowest BCUT2D eigenvalue weighted by atomic mass is 10.4. The summed E-state index contributed by atoms with van der Waals surface area (Å²) in [5.74, 6) is 8.32. The molecule has 0 atom stereocenters. The second kappa shape index (κ2) is 4.81. The third-order valence-corrected chi connectivity index (χ3v) is 1.64. The predicted molar refractivity (Wildman–Crippen MR) is 52.6 cm³/mol. The highest BCUT2D eigenvalue weighted by Gasteiger charge is 2.26. The van der Waals surface area contributed by atoms with E-state index in [4.69, 9.17) is 16.8 Å². The molecule has 13 nitrogen and oxygen atoms in total. The summed E-state index contributed by atoms with van der Waals surface area (Å²) in [4.78, 5) is 9.81. The van der Waals surface area contributed by atoms with Crippen molar-refractivity contribution in [2.75, 3.05) is 11.6 Å². The first kappa shape index (κ1) is 12.3. The lowest BCUT2D eigenvalue weighted by Crippen LogP contribution is -2.13. The summed E-state index contributed by atoms with van der Waals surface area (Å²) >= 11 is 0. The van der Waals surface area contributed by atoms with Crippen molar-refractivity contribution in [3.63, 3.8) is 0 Å². The zero-order valence-corrected chi connectivity index (χ0v) is 8.18. The number of aromatic amines is 1. The Bertz CT molecular complexity index is 515. The molecule has 0 radical (unpaired) electrons. The highest BCUT2D eigenvalue weighted by molar-refractivity contribution is 5.60. The van der Waals surface area contributed by atoms with E-state index in [1.54, 1.807) is 0 Å². The van der Waals surface area contributed by atoms with Crippen LogP contribution in [0.5, 0.6) is 0 Å². The van der Waals surface area contributed by atoms with E-state index in [9.17, 15) is 10.1 Å². The molecular formula is C4H8N10O3. The van der Waals surface area contributed by atoms with Gasteiger partial charge in [0.15, 0.2) is 0 Å². The van der Waals surface area contributed by atoms with Crippen LogP contribution in [-0.2, 0) is 0 Å². The number of anilines is 1. The van der Waals surface area contributed by atoms with Crippen LogP contribution in [0.15, 0.2) is 0 Å². The average Bonchev–Trinajstić information content (AvgIpc) is 2.90. The number of nitrogen functional groups attached to an aromatic ring is 2. The summed E-state index contributed by atoms with van der Waals surface area (Å²) in [5, 5.41) is 33.0. The zero-order chi connectivity index (χ0) is 13.0. The fourth-order valence-electron chi connectivity index (χ4n) is 0.968. The molecule has 2 heterocycles. The average molecular weight is 244 g/mol. The number of hydrogen-bond donors (Lipinski definition) is 5. The van der Waals surface area contributed by atoms with Gasteiger partial charge in [-0.1, -0.05) is 0 Å². The maximum absolute atomic E-state index is 10.5. The smallest absolute Gasteiger partial charge is 0.366 e. The van der Waals surface area contributed by atoms with E-state index in [2.05, 4.69) is 31.5 Å². The number of nitrogens with zero attached hydrogens (tertiary/aromatic N) is 6. The zero-order valence-electron chi connectivity index (χ0n) is 8.18. The van der Waals surface area contributed by atoms with Crippen molar-refractivity contribution in [1.82, 2.24) is 30.3 Å². The number of aromatic nitrogens is 6. The summed E-state index contributed by atoms with van der Waals surface area (Å²) in [6, 6.07) is 0. The minimum Gasteiger partial charge on any atom is -0.366 e. The first-order valence-corrected chi connectivity index (χ1v) is 3.88. The van der Waals surface area contributed by atoms with Crippen LogP contribution in [0, 0.1) is 10.1 Å². The monoisotopic (exact) mass is 244 g/mol. The van der Waals surface area contributed by atoms with E-state index in [-0.39, 0.29) is 17.5 Å². The van der Waals surface area contributed by atoms with E-state index < -0.39 is 10.7 Å². The topological polar surface area (TPSA) is 214 Å². The number of nitrogens with two attached hydrogens (primary N) is 3. The van der Waals surface area contributed by atoms with Crippen molar-refractivity contribution in [2.24, 2.45) is 5.90 Å². The number of rotatable bonds is 2. The second-order valence-electron chi connectivity index (χ2n) is 2.50. The highest BCUT2D eigenvalue weighted by atomic mass is 16.6. The van der Waals surface area contributed by atoms with Crippen molar-refractivity contribution in [3.8, 4) is 11.5 Å². The van der Waals surface area contributed by atoms with Gasteiger partial charge in [0, 0.05) is 0 Å². The molecule has 2 aromatic rings. The first-order valence-electron chi connectivity index (χ1n) is 3.88. The quantitative estimate of drug-likeness (QED) is 0.214. The molecule has 0 aliphatic rings. The largest absolute Gasteiger partial charge is 0.421 e. The van der Waals surface area contributed by atoms with Crippen LogP contribution in [0.1, 0.15) is 0 Å². The molecule has 0 aromatic carbocycles. The first-order chi connectivity index (χ1) is 8.11.